The lowest BCUT2D eigenvalue weighted by atomic mass is 10.0. The molecule has 1 radical (unpaired) electrons. The summed E-state index contributed by atoms with van der Waals surface area (Å²) >= 11 is 1.56. The van der Waals surface area contributed by atoms with Crippen molar-refractivity contribution in [1.29, 1.82) is 0 Å². The summed E-state index contributed by atoms with van der Waals surface area (Å²) in [6.07, 6.45) is 5.34. The van der Waals surface area contributed by atoms with Crippen LogP contribution in [-0.2, 0) is 34.4 Å². The quantitative estimate of drug-likeness (QED) is 0.401. The van der Waals surface area contributed by atoms with Gasteiger partial charge in [-0.25, -0.2) is 4.98 Å². The monoisotopic (exact) mass is 458 g/mol. The molecule has 0 bridgehead atoms. The molecule has 3 rings (SSSR count). The first-order valence-electron chi connectivity index (χ1n) is 9.79. The van der Waals surface area contributed by atoms with E-state index in [0.29, 0.717) is 12.8 Å². The van der Waals surface area contributed by atoms with Gasteiger partial charge in [0.25, 0.3) is 0 Å². The highest BCUT2D eigenvalue weighted by molar-refractivity contribution is 7.87. The van der Waals surface area contributed by atoms with Gasteiger partial charge in [-0.3, -0.25) is 14.1 Å². The minimum absolute atomic E-state index is 0.174. The van der Waals surface area contributed by atoms with Crippen molar-refractivity contribution in [3.05, 3.63) is 88.2 Å². The van der Waals surface area contributed by atoms with Crippen LogP contribution in [0.2, 0.25) is 0 Å². The van der Waals surface area contributed by atoms with E-state index in [4.69, 9.17) is 4.55 Å². The van der Waals surface area contributed by atoms with E-state index in [1.807, 2.05) is 41.3 Å². The maximum atomic E-state index is 12.6. The number of aromatic nitrogens is 1. The Bertz CT molecular complexity index is 1100. The summed E-state index contributed by atoms with van der Waals surface area (Å²) in [7, 11) is -4.32. The van der Waals surface area contributed by atoms with Crippen LogP contribution >= 0.6 is 11.3 Å². The summed E-state index contributed by atoms with van der Waals surface area (Å²) in [6, 6.07) is 16.0. The molecular formula is C22H24N3O4S2. The first-order chi connectivity index (χ1) is 14.8. The number of aryl methyl sites for hydroxylation is 1. The van der Waals surface area contributed by atoms with E-state index in [2.05, 4.69) is 17.2 Å². The Morgan fingerprint density at radius 3 is 2.45 bits per heavy atom. The maximum absolute atomic E-state index is 12.6. The third kappa shape index (κ3) is 7.46. The van der Waals surface area contributed by atoms with E-state index in [1.54, 1.807) is 42.0 Å². The third-order valence-electron chi connectivity index (χ3n) is 4.54. The molecule has 7 nitrogen and oxygen atoms in total. The molecule has 9 heteroatoms. The molecular weight excluding hydrogens is 434 g/mol. The van der Waals surface area contributed by atoms with Crippen LogP contribution in [-0.4, -0.2) is 23.9 Å². The molecule has 1 heterocycles. The van der Waals surface area contributed by atoms with Crippen LogP contribution in [0.4, 0.5) is 5.69 Å². The molecule has 0 saturated heterocycles. The third-order valence-corrected chi connectivity index (χ3v) is 6.29. The predicted molar refractivity (Wildman–Crippen MR) is 122 cm³/mol. The Labute approximate surface area is 186 Å². The van der Waals surface area contributed by atoms with Gasteiger partial charge >= 0.3 is 10.3 Å². The Morgan fingerprint density at radius 1 is 1.13 bits per heavy atom. The average molecular weight is 459 g/mol. The van der Waals surface area contributed by atoms with Crippen molar-refractivity contribution in [3.8, 4) is 0 Å². The van der Waals surface area contributed by atoms with E-state index < -0.39 is 10.3 Å². The number of anilines is 1. The second kappa shape index (κ2) is 10.5. The van der Waals surface area contributed by atoms with Crippen molar-refractivity contribution in [2.45, 2.75) is 32.2 Å². The number of rotatable bonds is 10. The summed E-state index contributed by atoms with van der Waals surface area (Å²) in [5, 5.41) is 3.86. The number of thiazole rings is 1. The van der Waals surface area contributed by atoms with Crippen LogP contribution in [0.25, 0.3) is 0 Å². The van der Waals surface area contributed by atoms with Crippen molar-refractivity contribution < 1.29 is 17.8 Å². The highest BCUT2D eigenvalue weighted by Gasteiger charge is 2.19. The minimum atomic E-state index is -4.32. The molecule has 0 saturated carbocycles. The van der Waals surface area contributed by atoms with Crippen molar-refractivity contribution in [3.63, 3.8) is 0 Å². The van der Waals surface area contributed by atoms with Crippen molar-refractivity contribution in [1.82, 2.24) is 10.3 Å². The molecule has 0 spiro atoms. The Kier molecular flexibility index (Phi) is 7.78. The zero-order valence-electron chi connectivity index (χ0n) is 17.0. The van der Waals surface area contributed by atoms with E-state index in [-0.39, 0.29) is 17.6 Å². The van der Waals surface area contributed by atoms with Gasteiger partial charge in [0.2, 0.25) is 5.91 Å². The van der Waals surface area contributed by atoms with Crippen LogP contribution < -0.4 is 10.0 Å². The summed E-state index contributed by atoms with van der Waals surface area (Å²) < 4.78 is 32.8. The molecule has 0 aliphatic rings. The van der Waals surface area contributed by atoms with Crippen LogP contribution in [0.1, 0.15) is 34.0 Å². The van der Waals surface area contributed by atoms with Gasteiger partial charge in [0.15, 0.2) is 0 Å². The van der Waals surface area contributed by atoms with Crippen molar-refractivity contribution >= 4 is 33.2 Å². The normalized spacial score (nSPS) is 12.3. The number of nitrogens with zero attached hydrogens (tertiary/aromatic N) is 1. The number of benzene rings is 2. The molecule has 31 heavy (non-hydrogen) atoms. The van der Waals surface area contributed by atoms with Gasteiger partial charge in [0, 0.05) is 11.1 Å². The molecule has 1 atom stereocenters. The van der Waals surface area contributed by atoms with E-state index in [9.17, 15) is 13.2 Å². The van der Waals surface area contributed by atoms with E-state index in [0.717, 1.165) is 27.4 Å². The number of carbonyl (C=O) groups is 1. The number of hydrogen-bond donors (Lipinski definition) is 3. The molecule has 3 N–H and O–H groups in total. The van der Waals surface area contributed by atoms with Gasteiger partial charge in [0.1, 0.15) is 5.01 Å². The fraction of sp³-hybridized carbons (Fsp3) is 0.227. The molecule has 1 aromatic heterocycles. The van der Waals surface area contributed by atoms with Gasteiger partial charge in [0.05, 0.1) is 18.2 Å². The molecule has 2 aromatic carbocycles. The van der Waals surface area contributed by atoms with Crippen LogP contribution in [0.3, 0.4) is 0 Å². The summed E-state index contributed by atoms with van der Waals surface area (Å²) in [5.74, 6) is -0.174. The first-order valence-corrected chi connectivity index (χ1v) is 12.0. The topological polar surface area (TPSA) is 108 Å². The minimum Gasteiger partial charge on any atom is -0.346 e. The highest BCUT2D eigenvalue weighted by Crippen LogP contribution is 2.25. The van der Waals surface area contributed by atoms with Gasteiger partial charge in [-0.15, -0.1) is 11.3 Å². The zero-order valence-corrected chi connectivity index (χ0v) is 18.6. The van der Waals surface area contributed by atoms with E-state index in [1.165, 1.54) is 0 Å². The highest BCUT2D eigenvalue weighted by atomic mass is 32.2. The summed E-state index contributed by atoms with van der Waals surface area (Å²) in [5.41, 5.74) is 2.20. The van der Waals surface area contributed by atoms with Gasteiger partial charge in [-0.2, -0.15) is 8.42 Å². The second-order valence-electron chi connectivity index (χ2n) is 6.95. The summed E-state index contributed by atoms with van der Waals surface area (Å²) in [6.45, 7) is 2.06. The lowest BCUT2D eigenvalue weighted by Gasteiger charge is -2.17. The van der Waals surface area contributed by atoms with Crippen LogP contribution in [0.15, 0.2) is 60.8 Å². The second-order valence-corrected chi connectivity index (χ2v) is 9.25. The molecule has 0 unspecified atom stereocenters. The van der Waals surface area contributed by atoms with Crippen LogP contribution in [0, 0.1) is 6.42 Å². The van der Waals surface area contributed by atoms with Crippen LogP contribution in [0.5, 0.6) is 0 Å². The number of hydrogen-bond acceptors (Lipinski definition) is 5. The summed E-state index contributed by atoms with van der Waals surface area (Å²) in [4.78, 5) is 18.2. The predicted octanol–water partition coefficient (Wildman–Crippen LogP) is 3.77. The first kappa shape index (κ1) is 22.9. The van der Waals surface area contributed by atoms with Gasteiger partial charge in [-0.05, 0) is 42.5 Å². The number of amides is 1. The molecule has 0 fully saturated rings. The maximum Gasteiger partial charge on any atom is 0.357 e. The Hall–Kier alpha value is -2.75. The average Bonchev–Trinajstić information content (AvgIpc) is 3.22. The molecule has 0 aliphatic carbocycles. The SMILES string of the molecule is CCc1cnc([C@H](Cc2ccc(NS(=O)(=O)O)cc2)NC(=O)[CH]Cc2ccccc2)s1. The Morgan fingerprint density at radius 2 is 1.84 bits per heavy atom. The zero-order chi connectivity index (χ0) is 22.3. The molecule has 1 amide bonds. The number of nitrogens with one attached hydrogen (secondary N) is 2. The molecule has 0 aliphatic heterocycles. The molecule has 3 aromatic rings. The van der Waals surface area contributed by atoms with Crippen molar-refractivity contribution in [2.24, 2.45) is 0 Å². The standard InChI is InChI=1S/C22H24N3O4S2/c1-2-19-15-23-22(30-19)20(24-21(26)13-10-16-6-4-3-5-7-16)14-17-8-11-18(12-9-17)25-31(27,28)29/h3-9,11-13,15,20,25H,2,10,14H2,1H3,(H,24,26)(H,27,28,29)/t20-/m0/s1. The lowest BCUT2D eigenvalue weighted by Crippen LogP contribution is -2.30. The largest absolute Gasteiger partial charge is 0.357 e. The van der Waals surface area contributed by atoms with Gasteiger partial charge < -0.3 is 5.32 Å². The van der Waals surface area contributed by atoms with E-state index >= 15 is 0 Å². The number of carbonyl (C=O) groups excluding carboxylic acids is 1. The fourth-order valence-corrected chi connectivity index (χ4v) is 4.34. The van der Waals surface area contributed by atoms with Crippen molar-refractivity contribution in [2.75, 3.05) is 4.72 Å². The molecule has 163 valence electrons. The fourth-order valence-electron chi connectivity index (χ4n) is 3.00. The lowest BCUT2D eigenvalue weighted by molar-refractivity contribution is -0.118. The van der Waals surface area contributed by atoms with Gasteiger partial charge in [-0.1, -0.05) is 49.4 Å². The Balaban J connectivity index is 1.69. The smallest absolute Gasteiger partial charge is 0.346 e.